The summed E-state index contributed by atoms with van der Waals surface area (Å²) in [5, 5.41) is 0. The van der Waals surface area contributed by atoms with E-state index >= 15 is 0 Å². The Morgan fingerprint density at radius 2 is 1.19 bits per heavy atom. The summed E-state index contributed by atoms with van der Waals surface area (Å²) in [5.41, 5.74) is 4.29. The second-order valence-corrected chi connectivity index (χ2v) is 7.55. The van der Waals surface area contributed by atoms with Gasteiger partial charge < -0.3 is 19.4 Å². The molecule has 8 nitrogen and oxygen atoms in total. The third kappa shape index (κ3) is 3.26. The maximum absolute atomic E-state index is 12.6. The number of rotatable bonds is 6. The molecule has 0 atom stereocenters. The van der Waals surface area contributed by atoms with E-state index in [-0.39, 0.29) is 11.4 Å². The summed E-state index contributed by atoms with van der Waals surface area (Å²) in [6.45, 7) is 0.581. The number of aromatic nitrogens is 4. The van der Waals surface area contributed by atoms with Crippen LogP contribution in [0.3, 0.4) is 0 Å². The molecule has 3 aromatic carbocycles. The molecule has 0 aliphatic rings. The third-order valence-electron chi connectivity index (χ3n) is 5.68. The van der Waals surface area contributed by atoms with Gasteiger partial charge in [-0.15, -0.1) is 0 Å². The van der Waals surface area contributed by atoms with Gasteiger partial charge in [-0.1, -0.05) is 24.3 Å². The maximum Gasteiger partial charge on any atom is 0.326 e. The van der Waals surface area contributed by atoms with Crippen LogP contribution in [0.15, 0.2) is 70.3 Å². The van der Waals surface area contributed by atoms with Gasteiger partial charge >= 0.3 is 11.4 Å². The summed E-state index contributed by atoms with van der Waals surface area (Å²) >= 11 is 0. The SMILES string of the molecule is COc1cc(Cn2c(=O)[nH]c3ccccc32)c(OC)c(Cn2c(=O)[nH]c3ccccc32)c1. The van der Waals surface area contributed by atoms with E-state index in [0.29, 0.717) is 24.6 Å². The lowest BCUT2D eigenvalue weighted by Crippen LogP contribution is -2.20. The number of nitrogens with one attached hydrogen (secondary N) is 2. The lowest BCUT2D eigenvalue weighted by Gasteiger charge is -2.17. The van der Waals surface area contributed by atoms with Crippen molar-refractivity contribution in [2.45, 2.75) is 13.1 Å². The van der Waals surface area contributed by atoms with Gasteiger partial charge in [0.25, 0.3) is 0 Å². The first-order valence-electron chi connectivity index (χ1n) is 10.2. The lowest BCUT2D eigenvalue weighted by molar-refractivity contribution is 0.391. The summed E-state index contributed by atoms with van der Waals surface area (Å²) < 4.78 is 14.6. The Morgan fingerprint density at radius 3 is 1.62 bits per heavy atom. The van der Waals surface area contributed by atoms with Crippen LogP contribution in [0.4, 0.5) is 0 Å². The second kappa shape index (κ2) is 7.81. The van der Waals surface area contributed by atoms with E-state index < -0.39 is 0 Å². The number of imidazole rings is 2. The predicted molar refractivity (Wildman–Crippen MR) is 123 cm³/mol. The molecule has 2 aromatic heterocycles. The van der Waals surface area contributed by atoms with E-state index in [2.05, 4.69) is 9.97 Å². The molecule has 0 amide bonds. The van der Waals surface area contributed by atoms with E-state index in [9.17, 15) is 9.59 Å². The normalized spacial score (nSPS) is 11.3. The molecular weight excluding hydrogens is 408 g/mol. The lowest BCUT2D eigenvalue weighted by atomic mass is 10.1. The fraction of sp³-hybridized carbons (Fsp3) is 0.167. The van der Waals surface area contributed by atoms with Gasteiger partial charge in [-0.3, -0.25) is 9.13 Å². The molecule has 0 saturated heterocycles. The number of benzene rings is 3. The second-order valence-electron chi connectivity index (χ2n) is 7.55. The van der Waals surface area contributed by atoms with Crippen LogP contribution in [0.2, 0.25) is 0 Å². The van der Waals surface area contributed by atoms with E-state index in [1.165, 1.54) is 0 Å². The molecule has 0 aliphatic carbocycles. The van der Waals surface area contributed by atoms with Crippen molar-refractivity contribution in [2.24, 2.45) is 0 Å². The number of methoxy groups -OCH3 is 2. The van der Waals surface area contributed by atoms with E-state index in [0.717, 1.165) is 33.2 Å². The highest BCUT2D eigenvalue weighted by Gasteiger charge is 2.17. The Kier molecular flexibility index (Phi) is 4.82. The highest BCUT2D eigenvalue weighted by molar-refractivity contribution is 5.76. The summed E-state index contributed by atoms with van der Waals surface area (Å²) in [5.74, 6) is 1.23. The quantitative estimate of drug-likeness (QED) is 0.433. The van der Waals surface area contributed by atoms with E-state index in [1.54, 1.807) is 23.4 Å². The Labute approximate surface area is 182 Å². The van der Waals surface area contributed by atoms with Crippen LogP contribution >= 0.6 is 0 Å². The van der Waals surface area contributed by atoms with Crippen molar-refractivity contribution in [3.8, 4) is 11.5 Å². The number of fused-ring (bicyclic) bond motifs is 2. The topological polar surface area (TPSA) is 94.0 Å². The van der Waals surface area contributed by atoms with Crippen LogP contribution < -0.4 is 20.9 Å². The van der Waals surface area contributed by atoms with Gasteiger partial charge in [0.2, 0.25) is 0 Å². The molecule has 162 valence electrons. The molecule has 0 radical (unpaired) electrons. The molecule has 0 fully saturated rings. The minimum Gasteiger partial charge on any atom is -0.497 e. The summed E-state index contributed by atoms with van der Waals surface area (Å²) in [6, 6.07) is 18.8. The molecule has 0 saturated carbocycles. The van der Waals surface area contributed by atoms with Crippen molar-refractivity contribution in [1.82, 2.24) is 19.1 Å². The molecule has 32 heavy (non-hydrogen) atoms. The zero-order valence-electron chi connectivity index (χ0n) is 17.7. The fourth-order valence-electron chi connectivity index (χ4n) is 4.21. The molecular formula is C24H22N4O4. The van der Waals surface area contributed by atoms with Crippen LogP contribution in [0, 0.1) is 0 Å². The monoisotopic (exact) mass is 430 g/mol. The van der Waals surface area contributed by atoms with Crippen molar-refractivity contribution >= 4 is 22.1 Å². The van der Waals surface area contributed by atoms with Crippen LogP contribution in [-0.2, 0) is 13.1 Å². The fourth-order valence-corrected chi connectivity index (χ4v) is 4.21. The van der Waals surface area contributed by atoms with Crippen LogP contribution in [0.25, 0.3) is 22.1 Å². The van der Waals surface area contributed by atoms with Crippen molar-refractivity contribution in [3.63, 3.8) is 0 Å². The first-order valence-corrected chi connectivity index (χ1v) is 10.2. The zero-order valence-corrected chi connectivity index (χ0v) is 17.7. The number of ether oxygens (including phenoxy) is 2. The van der Waals surface area contributed by atoms with Gasteiger partial charge in [-0.05, 0) is 36.4 Å². The van der Waals surface area contributed by atoms with Gasteiger partial charge in [-0.2, -0.15) is 0 Å². The number of H-pyrrole nitrogens is 2. The minimum atomic E-state index is -0.203. The van der Waals surface area contributed by atoms with E-state index in [4.69, 9.17) is 9.47 Å². The molecule has 0 bridgehead atoms. The number of hydrogen-bond acceptors (Lipinski definition) is 4. The Hall–Kier alpha value is -4.20. The summed E-state index contributed by atoms with van der Waals surface area (Å²) in [7, 11) is 3.18. The summed E-state index contributed by atoms with van der Waals surface area (Å²) in [6.07, 6.45) is 0. The number of aromatic amines is 2. The molecule has 8 heteroatoms. The molecule has 2 heterocycles. The highest BCUT2D eigenvalue weighted by atomic mass is 16.5. The van der Waals surface area contributed by atoms with Crippen molar-refractivity contribution < 1.29 is 9.47 Å². The standard InChI is InChI=1S/C24H22N4O4/c1-31-17-11-15(13-27-20-9-5-3-7-18(20)25-23(27)29)22(32-2)16(12-17)14-28-21-10-6-4-8-19(21)26-24(28)30/h3-12H,13-14H2,1-2H3,(H,25,29)(H,26,30). The first-order chi connectivity index (χ1) is 15.6. The third-order valence-corrected chi connectivity index (χ3v) is 5.68. The van der Waals surface area contributed by atoms with Gasteiger partial charge in [0.15, 0.2) is 0 Å². The van der Waals surface area contributed by atoms with Gasteiger partial charge in [0.05, 0.1) is 49.4 Å². The molecule has 5 rings (SSSR count). The first kappa shape index (κ1) is 19.7. The van der Waals surface area contributed by atoms with Gasteiger partial charge in [0.1, 0.15) is 11.5 Å². The number of nitrogens with zero attached hydrogens (tertiary/aromatic N) is 2. The molecule has 0 spiro atoms. The smallest absolute Gasteiger partial charge is 0.326 e. The average Bonchev–Trinajstić information content (AvgIpc) is 3.29. The number of hydrogen-bond donors (Lipinski definition) is 2. The Bertz CT molecular complexity index is 1440. The molecule has 0 unspecified atom stereocenters. The average molecular weight is 430 g/mol. The van der Waals surface area contributed by atoms with E-state index in [1.807, 2.05) is 60.7 Å². The zero-order chi connectivity index (χ0) is 22.2. The largest absolute Gasteiger partial charge is 0.497 e. The van der Waals surface area contributed by atoms with Crippen molar-refractivity contribution in [1.29, 1.82) is 0 Å². The minimum absolute atomic E-state index is 0.203. The summed E-state index contributed by atoms with van der Waals surface area (Å²) in [4.78, 5) is 31.0. The Balaban J connectivity index is 1.64. The molecule has 0 aliphatic heterocycles. The predicted octanol–water partition coefficient (Wildman–Crippen LogP) is 3.09. The molecule has 2 N–H and O–H groups in total. The molecule has 5 aromatic rings. The number of para-hydroxylation sites is 4. The van der Waals surface area contributed by atoms with Gasteiger partial charge in [-0.25, -0.2) is 9.59 Å². The van der Waals surface area contributed by atoms with Crippen LogP contribution in [-0.4, -0.2) is 33.3 Å². The van der Waals surface area contributed by atoms with Gasteiger partial charge in [0, 0.05) is 11.1 Å². The van der Waals surface area contributed by atoms with Crippen molar-refractivity contribution in [3.05, 3.63) is 92.8 Å². The Morgan fingerprint density at radius 1 is 0.719 bits per heavy atom. The van der Waals surface area contributed by atoms with Crippen molar-refractivity contribution in [2.75, 3.05) is 14.2 Å². The maximum atomic E-state index is 12.6. The van der Waals surface area contributed by atoms with Crippen LogP contribution in [0.1, 0.15) is 11.1 Å². The highest BCUT2D eigenvalue weighted by Crippen LogP contribution is 2.31. The van der Waals surface area contributed by atoms with Crippen LogP contribution in [0.5, 0.6) is 11.5 Å².